The van der Waals surface area contributed by atoms with Crippen LogP contribution in [-0.2, 0) is 0 Å². The van der Waals surface area contributed by atoms with Crippen molar-refractivity contribution in [1.82, 2.24) is 9.72 Å². The zero-order chi connectivity index (χ0) is 19.3. The summed E-state index contributed by atoms with van der Waals surface area (Å²) in [4.78, 5) is 12.8. The van der Waals surface area contributed by atoms with E-state index in [0.717, 1.165) is 11.4 Å². The molecule has 1 N–H and O–H groups in total. The van der Waals surface area contributed by atoms with Crippen LogP contribution in [0.1, 0.15) is 41.4 Å². The van der Waals surface area contributed by atoms with Crippen LogP contribution in [0.2, 0.25) is 0 Å². The monoisotopic (exact) mass is 367 g/mol. The van der Waals surface area contributed by atoms with E-state index in [-0.39, 0.29) is 5.91 Å². The first-order chi connectivity index (χ1) is 12.7. The number of fused-ring (bicyclic) bond motifs is 1. The molecule has 0 radical (unpaired) electrons. The second-order valence-corrected chi connectivity index (χ2v) is 7.14. The van der Waals surface area contributed by atoms with Crippen molar-refractivity contribution >= 4 is 11.6 Å². The Morgan fingerprint density at radius 1 is 1.07 bits per heavy atom. The van der Waals surface area contributed by atoms with Gasteiger partial charge in [-0.25, -0.2) is 0 Å². The first kappa shape index (κ1) is 17.2. The third kappa shape index (κ3) is 3.05. The molecule has 140 valence electrons. The van der Waals surface area contributed by atoms with Crippen molar-refractivity contribution in [3.05, 3.63) is 53.0 Å². The van der Waals surface area contributed by atoms with Gasteiger partial charge in [-0.2, -0.15) is 0 Å². The zero-order valence-corrected chi connectivity index (χ0v) is 15.9. The molecule has 4 rings (SSSR count). The van der Waals surface area contributed by atoms with Crippen LogP contribution in [0.5, 0.6) is 11.5 Å². The topological polar surface area (TPSA) is 78.5 Å². The highest BCUT2D eigenvalue weighted by Gasteiger charge is 2.31. The maximum atomic E-state index is 12.8. The maximum absolute atomic E-state index is 12.8. The molecule has 1 amide bonds. The van der Waals surface area contributed by atoms with Gasteiger partial charge >= 0.3 is 0 Å². The van der Waals surface area contributed by atoms with E-state index >= 15 is 0 Å². The minimum atomic E-state index is -0.703. The molecule has 3 aromatic rings. The molecule has 0 aliphatic carbocycles. The molecule has 1 aliphatic rings. The number of rotatable bonds is 3. The van der Waals surface area contributed by atoms with Gasteiger partial charge in [-0.05, 0) is 39.0 Å². The summed E-state index contributed by atoms with van der Waals surface area (Å²) in [7, 11) is 0. The lowest BCUT2D eigenvalue weighted by Gasteiger charge is -2.16. The molecular formula is C20H21N3O4. The second kappa shape index (κ2) is 5.90. The van der Waals surface area contributed by atoms with Gasteiger partial charge in [0, 0.05) is 43.1 Å². The number of carbonyl (C=O) groups excluding carboxylic acids is 1. The third-order valence-corrected chi connectivity index (χ3v) is 4.43. The van der Waals surface area contributed by atoms with Crippen molar-refractivity contribution in [2.75, 3.05) is 5.32 Å². The number of carbonyl (C=O) groups is 1. The Morgan fingerprint density at radius 2 is 1.81 bits per heavy atom. The van der Waals surface area contributed by atoms with E-state index in [2.05, 4.69) is 10.5 Å². The van der Waals surface area contributed by atoms with E-state index in [1.807, 2.05) is 51.3 Å². The van der Waals surface area contributed by atoms with Crippen LogP contribution < -0.4 is 14.8 Å². The molecule has 0 spiro atoms. The van der Waals surface area contributed by atoms with Gasteiger partial charge in [-0.1, -0.05) is 5.16 Å². The summed E-state index contributed by atoms with van der Waals surface area (Å²) in [6.07, 6.45) is 0. The summed E-state index contributed by atoms with van der Waals surface area (Å²) >= 11 is 0. The van der Waals surface area contributed by atoms with Gasteiger partial charge in [0.05, 0.1) is 5.56 Å². The largest absolute Gasteiger partial charge is 0.449 e. The third-order valence-electron chi connectivity index (χ3n) is 4.43. The zero-order valence-electron chi connectivity index (χ0n) is 15.9. The lowest BCUT2D eigenvalue weighted by Crippen LogP contribution is -2.29. The number of aryl methyl sites for hydroxylation is 2. The second-order valence-electron chi connectivity index (χ2n) is 7.14. The van der Waals surface area contributed by atoms with Crippen LogP contribution in [-0.4, -0.2) is 21.4 Å². The fourth-order valence-electron chi connectivity index (χ4n) is 3.30. The Labute approximate surface area is 156 Å². The molecule has 27 heavy (non-hydrogen) atoms. The standard InChI is InChI=1S/C20H21N3O4/c1-11-8-15(13(3)23(11)18-9-12(2)27-22-18)19(24)21-14-6-7-16-17(10-14)26-20(4,5)25-16/h6-10H,1-5H3,(H,21,24). The van der Waals surface area contributed by atoms with Crippen LogP contribution >= 0.6 is 0 Å². The lowest BCUT2D eigenvalue weighted by molar-refractivity contribution is -0.0431. The summed E-state index contributed by atoms with van der Waals surface area (Å²) in [6.45, 7) is 9.32. The Hall–Kier alpha value is -3.22. The number of nitrogens with one attached hydrogen (secondary N) is 1. The molecule has 1 aromatic carbocycles. The van der Waals surface area contributed by atoms with Gasteiger partial charge in [0.15, 0.2) is 17.3 Å². The average Bonchev–Trinajstić information content (AvgIpc) is 3.21. The fourth-order valence-corrected chi connectivity index (χ4v) is 3.30. The summed E-state index contributed by atoms with van der Waals surface area (Å²) in [5.41, 5.74) is 2.91. The Morgan fingerprint density at radius 3 is 2.52 bits per heavy atom. The van der Waals surface area contributed by atoms with Gasteiger partial charge in [0.25, 0.3) is 5.91 Å². The van der Waals surface area contributed by atoms with Crippen LogP contribution in [0.4, 0.5) is 5.69 Å². The maximum Gasteiger partial charge on any atom is 0.257 e. The first-order valence-corrected chi connectivity index (χ1v) is 8.69. The van der Waals surface area contributed by atoms with E-state index in [1.165, 1.54) is 0 Å². The molecule has 3 heterocycles. The van der Waals surface area contributed by atoms with Gasteiger partial charge in [-0.15, -0.1) is 0 Å². The molecular weight excluding hydrogens is 346 g/mol. The SMILES string of the molecule is Cc1cc(-n2c(C)cc(C(=O)Nc3ccc4c(c3)OC(C)(C)O4)c2C)no1. The minimum absolute atomic E-state index is 0.201. The summed E-state index contributed by atoms with van der Waals surface area (Å²) in [6, 6.07) is 9.02. The van der Waals surface area contributed by atoms with E-state index < -0.39 is 5.79 Å². The number of amides is 1. The molecule has 2 aromatic heterocycles. The van der Waals surface area contributed by atoms with E-state index in [0.29, 0.717) is 34.3 Å². The summed E-state index contributed by atoms with van der Waals surface area (Å²) in [5.74, 6) is 1.75. The predicted molar refractivity (Wildman–Crippen MR) is 99.8 cm³/mol. The van der Waals surface area contributed by atoms with Crippen molar-refractivity contribution in [2.45, 2.75) is 40.4 Å². The molecule has 0 fully saturated rings. The number of aromatic nitrogens is 2. The molecule has 0 saturated carbocycles. The predicted octanol–water partition coefficient (Wildman–Crippen LogP) is 4.15. The van der Waals surface area contributed by atoms with Crippen LogP contribution in [0.15, 0.2) is 34.9 Å². The lowest BCUT2D eigenvalue weighted by atomic mass is 10.2. The molecule has 7 heteroatoms. The molecule has 0 bridgehead atoms. The molecule has 0 unspecified atom stereocenters. The number of anilines is 1. The number of benzene rings is 1. The van der Waals surface area contributed by atoms with E-state index in [9.17, 15) is 4.79 Å². The van der Waals surface area contributed by atoms with Crippen molar-refractivity contribution in [1.29, 1.82) is 0 Å². The highest BCUT2D eigenvalue weighted by atomic mass is 16.7. The average molecular weight is 367 g/mol. The van der Waals surface area contributed by atoms with Gasteiger partial charge in [-0.3, -0.25) is 9.36 Å². The van der Waals surface area contributed by atoms with Crippen molar-refractivity contribution in [2.24, 2.45) is 0 Å². The number of nitrogens with zero attached hydrogens (tertiary/aromatic N) is 2. The molecule has 7 nitrogen and oxygen atoms in total. The van der Waals surface area contributed by atoms with Crippen molar-refractivity contribution in [3.63, 3.8) is 0 Å². The number of hydrogen-bond donors (Lipinski definition) is 1. The van der Waals surface area contributed by atoms with Crippen LogP contribution in [0, 0.1) is 20.8 Å². The Balaban J connectivity index is 1.60. The number of ether oxygens (including phenoxy) is 2. The van der Waals surface area contributed by atoms with Crippen molar-refractivity contribution < 1.29 is 18.8 Å². The van der Waals surface area contributed by atoms with Gasteiger partial charge in [0.1, 0.15) is 5.76 Å². The molecule has 1 aliphatic heterocycles. The normalized spacial score (nSPS) is 14.4. The van der Waals surface area contributed by atoms with Gasteiger partial charge < -0.3 is 19.3 Å². The summed E-state index contributed by atoms with van der Waals surface area (Å²) < 4.78 is 18.5. The Bertz CT molecular complexity index is 1050. The molecule has 0 atom stereocenters. The fraction of sp³-hybridized carbons (Fsp3) is 0.300. The quantitative estimate of drug-likeness (QED) is 0.752. The smallest absolute Gasteiger partial charge is 0.257 e. The highest BCUT2D eigenvalue weighted by Crippen LogP contribution is 2.40. The highest BCUT2D eigenvalue weighted by molar-refractivity contribution is 6.05. The van der Waals surface area contributed by atoms with Crippen molar-refractivity contribution in [3.8, 4) is 17.3 Å². The van der Waals surface area contributed by atoms with Gasteiger partial charge in [0.2, 0.25) is 5.79 Å². The first-order valence-electron chi connectivity index (χ1n) is 8.69. The number of hydrogen-bond acceptors (Lipinski definition) is 5. The van der Waals surface area contributed by atoms with Crippen LogP contribution in [0.3, 0.4) is 0 Å². The minimum Gasteiger partial charge on any atom is -0.449 e. The summed E-state index contributed by atoms with van der Waals surface area (Å²) in [5, 5.41) is 6.96. The Kier molecular flexibility index (Phi) is 3.76. The van der Waals surface area contributed by atoms with E-state index in [1.54, 1.807) is 18.2 Å². The molecule has 0 saturated heterocycles. The van der Waals surface area contributed by atoms with Crippen LogP contribution in [0.25, 0.3) is 5.82 Å². The van der Waals surface area contributed by atoms with E-state index in [4.69, 9.17) is 14.0 Å².